The SMILES string of the molecule is CS(=O)(=O)OC(C(N)=O)c1ccc(C(N)=O)cc1. The quantitative estimate of drug-likeness (QED) is 0.684. The Kier molecular flexibility index (Phi) is 4.04. The zero-order chi connectivity index (χ0) is 13.9. The molecule has 0 aliphatic heterocycles. The second-order valence-corrected chi connectivity index (χ2v) is 5.17. The molecular formula is C10H12N2O5S. The van der Waals surface area contributed by atoms with Gasteiger partial charge in [0, 0.05) is 5.56 Å². The van der Waals surface area contributed by atoms with Crippen molar-refractivity contribution in [2.45, 2.75) is 6.10 Å². The molecule has 0 aliphatic carbocycles. The van der Waals surface area contributed by atoms with Crippen molar-refractivity contribution in [3.05, 3.63) is 35.4 Å². The molecule has 0 saturated heterocycles. The van der Waals surface area contributed by atoms with Gasteiger partial charge in [-0.3, -0.25) is 13.8 Å². The number of carbonyl (C=O) groups is 2. The number of hydrogen-bond donors (Lipinski definition) is 2. The highest BCUT2D eigenvalue weighted by Crippen LogP contribution is 2.19. The van der Waals surface area contributed by atoms with Crippen LogP contribution in [0.2, 0.25) is 0 Å². The first-order chi connectivity index (χ1) is 8.20. The van der Waals surface area contributed by atoms with E-state index in [-0.39, 0.29) is 11.1 Å². The zero-order valence-electron chi connectivity index (χ0n) is 9.49. The van der Waals surface area contributed by atoms with E-state index in [0.717, 1.165) is 6.26 Å². The maximum atomic E-state index is 11.1. The van der Waals surface area contributed by atoms with Crippen LogP contribution in [0.25, 0.3) is 0 Å². The Morgan fingerprint density at radius 1 is 1.17 bits per heavy atom. The van der Waals surface area contributed by atoms with Gasteiger partial charge in [0.2, 0.25) is 5.91 Å². The molecule has 1 aromatic carbocycles. The third-order valence-electron chi connectivity index (χ3n) is 2.03. The number of carbonyl (C=O) groups excluding carboxylic acids is 2. The molecule has 0 aliphatic rings. The van der Waals surface area contributed by atoms with Crippen molar-refractivity contribution < 1.29 is 22.2 Å². The minimum absolute atomic E-state index is 0.220. The van der Waals surface area contributed by atoms with Gasteiger partial charge in [0.05, 0.1) is 6.26 Å². The molecule has 1 atom stereocenters. The van der Waals surface area contributed by atoms with Gasteiger partial charge in [-0.2, -0.15) is 8.42 Å². The number of nitrogens with two attached hydrogens (primary N) is 2. The highest BCUT2D eigenvalue weighted by atomic mass is 32.2. The molecule has 4 N–H and O–H groups in total. The fraction of sp³-hybridized carbons (Fsp3) is 0.200. The predicted octanol–water partition coefficient (Wildman–Crippen LogP) is -0.712. The van der Waals surface area contributed by atoms with Crippen LogP contribution < -0.4 is 11.5 Å². The normalized spacial score (nSPS) is 12.9. The molecule has 0 radical (unpaired) electrons. The molecule has 1 aromatic rings. The monoisotopic (exact) mass is 272 g/mol. The van der Waals surface area contributed by atoms with Crippen LogP contribution in [0.4, 0.5) is 0 Å². The Labute approximate surface area is 104 Å². The lowest BCUT2D eigenvalue weighted by Gasteiger charge is -2.13. The molecule has 7 nitrogen and oxygen atoms in total. The lowest BCUT2D eigenvalue weighted by atomic mass is 10.1. The summed E-state index contributed by atoms with van der Waals surface area (Å²) in [5.41, 5.74) is 10.5. The fourth-order valence-electron chi connectivity index (χ4n) is 1.26. The van der Waals surface area contributed by atoms with E-state index in [1.54, 1.807) is 0 Å². The van der Waals surface area contributed by atoms with Gasteiger partial charge in [-0.1, -0.05) is 12.1 Å². The van der Waals surface area contributed by atoms with Crippen molar-refractivity contribution >= 4 is 21.9 Å². The lowest BCUT2D eigenvalue weighted by molar-refractivity contribution is -0.124. The smallest absolute Gasteiger partial charge is 0.265 e. The van der Waals surface area contributed by atoms with Crippen molar-refractivity contribution in [2.24, 2.45) is 11.5 Å². The van der Waals surface area contributed by atoms with Crippen LogP contribution in [0.5, 0.6) is 0 Å². The van der Waals surface area contributed by atoms with E-state index in [1.165, 1.54) is 24.3 Å². The third-order valence-corrected chi connectivity index (χ3v) is 2.57. The van der Waals surface area contributed by atoms with Gasteiger partial charge >= 0.3 is 0 Å². The van der Waals surface area contributed by atoms with E-state index in [9.17, 15) is 18.0 Å². The van der Waals surface area contributed by atoms with E-state index in [1.807, 2.05) is 0 Å². The highest BCUT2D eigenvalue weighted by Gasteiger charge is 2.23. The van der Waals surface area contributed by atoms with Crippen molar-refractivity contribution in [3.63, 3.8) is 0 Å². The van der Waals surface area contributed by atoms with Crippen LogP contribution in [0.1, 0.15) is 22.0 Å². The van der Waals surface area contributed by atoms with Crippen LogP contribution in [0.15, 0.2) is 24.3 Å². The predicted molar refractivity (Wildman–Crippen MR) is 62.8 cm³/mol. The van der Waals surface area contributed by atoms with Gasteiger partial charge in [0.25, 0.3) is 16.0 Å². The fourth-order valence-corrected chi connectivity index (χ4v) is 1.82. The van der Waals surface area contributed by atoms with Gasteiger partial charge in [-0.15, -0.1) is 0 Å². The topological polar surface area (TPSA) is 130 Å². The first-order valence-electron chi connectivity index (χ1n) is 4.78. The minimum atomic E-state index is -3.84. The summed E-state index contributed by atoms with van der Waals surface area (Å²) < 4.78 is 26.5. The summed E-state index contributed by atoms with van der Waals surface area (Å²) in [6.07, 6.45) is -0.623. The van der Waals surface area contributed by atoms with Crippen molar-refractivity contribution in [1.82, 2.24) is 0 Å². The molecule has 8 heteroatoms. The maximum absolute atomic E-state index is 11.1. The molecular weight excluding hydrogens is 260 g/mol. The molecule has 0 spiro atoms. The molecule has 2 amide bonds. The van der Waals surface area contributed by atoms with Crippen molar-refractivity contribution in [1.29, 1.82) is 0 Å². The minimum Gasteiger partial charge on any atom is -0.367 e. The van der Waals surface area contributed by atoms with E-state index in [2.05, 4.69) is 4.18 Å². The molecule has 0 heterocycles. The first kappa shape index (κ1) is 14.1. The van der Waals surface area contributed by atoms with Crippen LogP contribution in [-0.4, -0.2) is 26.5 Å². The molecule has 0 bridgehead atoms. The number of hydrogen-bond acceptors (Lipinski definition) is 5. The first-order valence-corrected chi connectivity index (χ1v) is 6.59. The van der Waals surface area contributed by atoms with Crippen LogP contribution in [0.3, 0.4) is 0 Å². The number of primary amides is 2. The summed E-state index contributed by atoms with van der Waals surface area (Å²) in [4.78, 5) is 22.0. The summed E-state index contributed by atoms with van der Waals surface area (Å²) >= 11 is 0. The summed E-state index contributed by atoms with van der Waals surface area (Å²) in [5.74, 6) is -1.59. The molecule has 1 rings (SSSR count). The average molecular weight is 272 g/mol. The number of amides is 2. The largest absolute Gasteiger partial charge is 0.367 e. The summed E-state index contributed by atoms with van der Waals surface area (Å²) in [6, 6.07) is 5.39. The Bertz CT molecular complexity index is 564. The molecule has 0 saturated carbocycles. The van der Waals surface area contributed by atoms with E-state index < -0.39 is 28.0 Å². The second kappa shape index (κ2) is 5.15. The highest BCUT2D eigenvalue weighted by molar-refractivity contribution is 7.86. The second-order valence-electron chi connectivity index (χ2n) is 3.57. The number of rotatable bonds is 5. The van der Waals surface area contributed by atoms with Gasteiger partial charge in [-0.05, 0) is 17.7 Å². The van der Waals surface area contributed by atoms with Gasteiger partial charge in [-0.25, -0.2) is 0 Å². The molecule has 0 fully saturated rings. The molecule has 18 heavy (non-hydrogen) atoms. The summed E-state index contributed by atoms with van der Waals surface area (Å²) in [6.45, 7) is 0. The Morgan fingerprint density at radius 3 is 2.00 bits per heavy atom. The van der Waals surface area contributed by atoms with Crippen molar-refractivity contribution in [2.75, 3.05) is 6.26 Å². The summed E-state index contributed by atoms with van der Waals surface area (Å²) in [7, 11) is -3.84. The molecule has 98 valence electrons. The van der Waals surface area contributed by atoms with E-state index in [0.29, 0.717) is 0 Å². The van der Waals surface area contributed by atoms with Crippen LogP contribution in [-0.2, 0) is 19.1 Å². The third kappa shape index (κ3) is 3.82. The van der Waals surface area contributed by atoms with Crippen LogP contribution in [0, 0.1) is 0 Å². The summed E-state index contributed by atoms with van der Waals surface area (Å²) in [5, 5.41) is 0. The molecule has 0 aromatic heterocycles. The average Bonchev–Trinajstić information content (AvgIpc) is 2.24. The van der Waals surface area contributed by atoms with Crippen molar-refractivity contribution in [3.8, 4) is 0 Å². The van der Waals surface area contributed by atoms with Crippen LogP contribution >= 0.6 is 0 Å². The Hall–Kier alpha value is -1.93. The Morgan fingerprint density at radius 2 is 1.67 bits per heavy atom. The van der Waals surface area contributed by atoms with Gasteiger partial charge in [0.15, 0.2) is 6.10 Å². The zero-order valence-corrected chi connectivity index (χ0v) is 10.3. The maximum Gasteiger partial charge on any atom is 0.265 e. The van der Waals surface area contributed by atoms with Gasteiger partial charge < -0.3 is 11.5 Å². The van der Waals surface area contributed by atoms with E-state index >= 15 is 0 Å². The standard InChI is InChI=1S/C10H12N2O5S/c1-18(15,16)17-8(10(12)14)6-2-4-7(5-3-6)9(11)13/h2-5,8H,1H3,(H2,11,13)(H2,12,14). The Balaban J connectivity index is 3.07. The van der Waals surface area contributed by atoms with Gasteiger partial charge in [0.1, 0.15) is 0 Å². The van der Waals surface area contributed by atoms with E-state index in [4.69, 9.17) is 11.5 Å². The number of benzene rings is 1. The molecule has 1 unspecified atom stereocenters. The lowest BCUT2D eigenvalue weighted by Crippen LogP contribution is -2.26.